The normalized spacial score (nSPS) is 27.2. The van der Waals surface area contributed by atoms with Crippen molar-refractivity contribution < 1.29 is 13.5 Å². The number of hydrogen-bond donors (Lipinski definition) is 2. The molecule has 1 saturated carbocycles. The van der Waals surface area contributed by atoms with E-state index in [4.69, 9.17) is 11.6 Å². The molecular formula is C17H25ClN2O3S. The summed E-state index contributed by atoms with van der Waals surface area (Å²) >= 11 is 5.85. The van der Waals surface area contributed by atoms with Gasteiger partial charge in [-0.15, -0.1) is 0 Å². The summed E-state index contributed by atoms with van der Waals surface area (Å²) in [5, 5.41) is 10.2. The Hall–Kier alpha value is -0.660. The van der Waals surface area contributed by atoms with Crippen molar-refractivity contribution in [3.63, 3.8) is 0 Å². The minimum atomic E-state index is -3.54. The second-order valence-corrected chi connectivity index (χ2v) is 8.95. The van der Waals surface area contributed by atoms with Crippen LogP contribution in [-0.2, 0) is 10.0 Å². The Morgan fingerprint density at radius 3 is 2.33 bits per heavy atom. The summed E-state index contributed by atoms with van der Waals surface area (Å²) in [4.78, 5) is 2.60. The van der Waals surface area contributed by atoms with Crippen LogP contribution in [0.4, 0.5) is 0 Å². The predicted molar refractivity (Wildman–Crippen MR) is 94.6 cm³/mol. The molecule has 0 radical (unpaired) electrons. The van der Waals surface area contributed by atoms with Gasteiger partial charge in [0.05, 0.1) is 11.0 Å². The van der Waals surface area contributed by atoms with E-state index in [9.17, 15) is 13.5 Å². The zero-order chi connectivity index (χ0) is 17.2. The molecule has 1 aliphatic heterocycles. The Kier molecular flexibility index (Phi) is 5.82. The first-order chi connectivity index (χ1) is 11.5. The van der Waals surface area contributed by atoms with Crippen LogP contribution in [0.2, 0.25) is 5.02 Å². The molecule has 1 heterocycles. The Morgan fingerprint density at radius 1 is 1.04 bits per heavy atom. The molecule has 1 saturated heterocycles. The van der Waals surface area contributed by atoms with Gasteiger partial charge in [0.2, 0.25) is 10.0 Å². The molecule has 2 aliphatic rings. The second kappa shape index (κ2) is 7.70. The third-order valence-corrected chi connectivity index (χ3v) is 6.89. The molecule has 0 aromatic heterocycles. The summed E-state index contributed by atoms with van der Waals surface area (Å²) in [5.74, 6) is 0. The lowest BCUT2D eigenvalue weighted by atomic mass is 9.88. The molecule has 0 amide bonds. The molecule has 7 heteroatoms. The highest BCUT2D eigenvalue weighted by Gasteiger charge is 2.34. The third-order valence-electron chi connectivity index (χ3n) is 5.13. The predicted octanol–water partition coefficient (Wildman–Crippen LogP) is 2.39. The number of likely N-dealkylation sites (tertiary alicyclic amines) is 1. The van der Waals surface area contributed by atoms with Gasteiger partial charge in [-0.2, -0.15) is 0 Å². The number of benzene rings is 1. The van der Waals surface area contributed by atoms with E-state index in [0.29, 0.717) is 5.02 Å². The molecule has 134 valence electrons. The smallest absolute Gasteiger partial charge is 0.240 e. The maximum atomic E-state index is 12.7. The number of nitrogens with one attached hydrogen (secondary N) is 1. The number of hydrogen-bond acceptors (Lipinski definition) is 4. The summed E-state index contributed by atoms with van der Waals surface area (Å²) < 4.78 is 28.3. The van der Waals surface area contributed by atoms with Crippen LogP contribution in [0.3, 0.4) is 0 Å². The van der Waals surface area contributed by atoms with Crippen LogP contribution < -0.4 is 4.72 Å². The van der Waals surface area contributed by atoms with Gasteiger partial charge in [0.1, 0.15) is 0 Å². The van der Waals surface area contributed by atoms with Gasteiger partial charge in [-0.1, -0.05) is 24.4 Å². The van der Waals surface area contributed by atoms with E-state index in [2.05, 4.69) is 9.62 Å². The Balaban J connectivity index is 1.72. The van der Waals surface area contributed by atoms with Gasteiger partial charge < -0.3 is 5.11 Å². The van der Waals surface area contributed by atoms with Crippen LogP contribution in [0, 0.1) is 0 Å². The monoisotopic (exact) mass is 372 g/mol. The van der Waals surface area contributed by atoms with E-state index in [1.807, 2.05) is 0 Å². The van der Waals surface area contributed by atoms with Crippen LogP contribution in [-0.4, -0.2) is 49.7 Å². The zero-order valence-electron chi connectivity index (χ0n) is 13.7. The highest BCUT2D eigenvalue weighted by Crippen LogP contribution is 2.27. The van der Waals surface area contributed by atoms with Gasteiger partial charge in [-0.25, -0.2) is 13.1 Å². The maximum Gasteiger partial charge on any atom is 0.240 e. The van der Waals surface area contributed by atoms with Gasteiger partial charge in [-0.05, 0) is 49.9 Å². The molecule has 5 nitrogen and oxygen atoms in total. The van der Waals surface area contributed by atoms with Gasteiger partial charge in [-0.3, -0.25) is 4.90 Å². The van der Waals surface area contributed by atoms with E-state index in [-0.39, 0.29) is 23.1 Å². The highest BCUT2D eigenvalue weighted by molar-refractivity contribution is 7.89. The van der Waals surface area contributed by atoms with Crippen LogP contribution in [0.5, 0.6) is 0 Å². The molecule has 1 aromatic rings. The first-order valence-corrected chi connectivity index (χ1v) is 10.5. The lowest BCUT2D eigenvalue weighted by molar-refractivity contribution is 0.0420. The van der Waals surface area contributed by atoms with E-state index in [0.717, 1.165) is 51.6 Å². The molecule has 0 bridgehead atoms. The summed E-state index contributed by atoms with van der Waals surface area (Å²) in [6, 6.07) is 6.42. The SMILES string of the molecule is O=S(=O)(N[C@H]1CCCC[C@H]1N1CCC(O)CC1)c1ccc(Cl)cc1. The molecule has 0 unspecified atom stereocenters. The fourth-order valence-electron chi connectivity index (χ4n) is 3.78. The molecule has 2 fully saturated rings. The van der Waals surface area contributed by atoms with Crippen LogP contribution in [0.25, 0.3) is 0 Å². The van der Waals surface area contributed by atoms with Crippen molar-refractivity contribution in [2.24, 2.45) is 0 Å². The Bertz CT molecular complexity index is 642. The first-order valence-electron chi connectivity index (χ1n) is 8.66. The van der Waals surface area contributed by atoms with Gasteiger partial charge >= 0.3 is 0 Å². The fourth-order valence-corrected chi connectivity index (χ4v) is 5.21. The molecule has 1 aliphatic carbocycles. The van der Waals surface area contributed by atoms with Crippen molar-refractivity contribution in [1.82, 2.24) is 9.62 Å². The van der Waals surface area contributed by atoms with Crippen molar-refractivity contribution in [2.75, 3.05) is 13.1 Å². The van der Waals surface area contributed by atoms with Crippen LogP contribution in [0.15, 0.2) is 29.2 Å². The number of aliphatic hydroxyl groups is 1. The minimum absolute atomic E-state index is 0.0744. The van der Waals surface area contributed by atoms with E-state index >= 15 is 0 Å². The number of aliphatic hydroxyl groups excluding tert-OH is 1. The quantitative estimate of drug-likeness (QED) is 0.851. The largest absolute Gasteiger partial charge is 0.393 e. The fraction of sp³-hybridized carbons (Fsp3) is 0.647. The lowest BCUT2D eigenvalue weighted by Gasteiger charge is -2.42. The van der Waals surface area contributed by atoms with Crippen molar-refractivity contribution in [3.05, 3.63) is 29.3 Å². The third kappa shape index (κ3) is 4.29. The number of piperidine rings is 1. The van der Waals surface area contributed by atoms with Crippen LogP contribution in [0.1, 0.15) is 38.5 Å². The molecule has 0 spiro atoms. The lowest BCUT2D eigenvalue weighted by Crippen LogP contribution is -2.55. The Labute approximate surface area is 149 Å². The molecule has 3 rings (SSSR count). The first kappa shape index (κ1) is 18.1. The number of halogens is 1. The number of nitrogens with zero attached hydrogens (tertiary/aromatic N) is 1. The summed E-state index contributed by atoms with van der Waals surface area (Å²) in [6.07, 6.45) is 5.36. The minimum Gasteiger partial charge on any atom is -0.393 e. The van der Waals surface area contributed by atoms with Gasteiger partial charge in [0, 0.05) is 30.2 Å². The van der Waals surface area contributed by atoms with E-state index in [1.54, 1.807) is 24.3 Å². The highest BCUT2D eigenvalue weighted by atomic mass is 35.5. The van der Waals surface area contributed by atoms with Crippen LogP contribution >= 0.6 is 11.6 Å². The van der Waals surface area contributed by atoms with Crippen molar-refractivity contribution >= 4 is 21.6 Å². The second-order valence-electron chi connectivity index (χ2n) is 6.80. The zero-order valence-corrected chi connectivity index (χ0v) is 15.3. The number of rotatable bonds is 4. The van der Waals surface area contributed by atoms with E-state index in [1.165, 1.54) is 0 Å². The van der Waals surface area contributed by atoms with E-state index < -0.39 is 10.0 Å². The summed E-state index contributed by atoms with van der Waals surface area (Å²) in [7, 11) is -3.54. The molecule has 1 aromatic carbocycles. The maximum absolute atomic E-state index is 12.7. The average Bonchev–Trinajstić information content (AvgIpc) is 2.56. The van der Waals surface area contributed by atoms with Crippen molar-refractivity contribution in [3.8, 4) is 0 Å². The summed E-state index contributed by atoms with van der Waals surface area (Å²) in [6.45, 7) is 1.68. The molecule has 24 heavy (non-hydrogen) atoms. The average molecular weight is 373 g/mol. The van der Waals surface area contributed by atoms with Gasteiger partial charge in [0.15, 0.2) is 0 Å². The molecule has 2 N–H and O–H groups in total. The van der Waals surface area contributed by atoms with Crippen molar-refractivity contribution in [2.45, 2.75) is 61.6 Å². The Morgan fingerprint density at radius 2 is 1.67 bits per heavy atom. The topological polar surface area (TPSA) is 69.6 Å². The van der Waals surface area contributed by atoms with Crippen molar-refractivity contribution in [1.29, 1.82) is 0 Å². The number of sulfonamides is 1. The summed E-state index contributed by atoms with van der Waals surface area (Å²) in [5.41, 5.74) is 0. The standard InChI is InChI=1S/C17H25ClN2O3S/c18-13-5-7-15(8-6-13)24(22,23)19-16-3-1-2-4-17(16)20-11-9-14(21)10-12-20/h5-8,14,16-17,19,21H,1-4,9-12H2/t16-,17+/m0/s1. The van der Waals surface area contributed by atoms with Gasteiger partial charge in [0.25, 0.3) is 0 Å². The molecular weight excluding hydrogens is 348 g/mol. The molecule has 2 atom stereocenters.